The van der Waals surface area contributed by atoms with Crippen LogP contribution in [0.1, 0.15) is 25.8 Å². The molecule has 8 nitrogen and oxygen atoms in total. The van der Waals surface area contributed by atoms with Gasteiger partial charge in [-0.3, -0.25) is 0 Å². The summed E-state index contributed by atoms with van der Waals surface area (Å²) in [5, 5.41) is 5.48. The topological polar surface area (TPSA) is 97.0 Å². The fourth-order valence-electron chi connectivity index (χ4n) is 2.61. The average Bonchev–Trinajstić information content (AvgIpc) is 3.00. The summed E-state index contributed by atoms with van der Waals surface area (Å²) in [5.74, 6) is 1.33. The Kier molecular flexibility index (Phi) is 6.49. The van der Waals surface area contributed by atoms with Crippen LogP contribution in [0.4, 0.5) is 4.79 Å². The van der Waals surface area contributed by atoms with Gasteiger partial charge in [0, 0.05) is 31.2 Å². The third-order valence-electron chi connectivity index (χ3n) is 3.76. The summed E-state index contributed by atoms with van der Waals surface area (Å²) in [6, 6.07) is 5.10. The van der Waals surface area contributed by atoms with Gasteiger partial charge >= 0.3 is 6.03 Å². The molecule has 140 valence electrons. The Labute approximate surface area is 148 Å². The molecule has 2 rings (SSSR count). The van der Waals surface area contributed by atoms with Gasteiger partial charge in [-0.2, -0.15) is 4.31 Å². The fraction of sp³-hybridized carbons (Fsp3) is 0.562. The summed E-state index contributed by atoms with van der Waals surface area (Å²) in [6.45, 7) is 4.91. The fourth-order valence-corrected chi connectivity index (χ4v) is 3.84. The van der Waals surface area contributed by atoms with E-state index < -0.39 is 10.0 Å². The number of carbonyl (C=O) groups excluding carboxylic acids is 1. The molecule has 1 heterocycles. The van der Waals surface area contributed by atoms with E-state index >= 15 is 0 Å². The van der Waals surface area contributed by atoms with Gasteiger partial charge in [-0.1, -0.05) is 12.1 Å². The second-order valence-electron chi connectivity index (χ2n) is 6.08. The van der Waals surface area contributed by atoms with Crippen LogP contribution in [0.3, 0.4) is 0 Å². The summed E-state index contributed by atoms with van der Waals surface area (Å²) >= 11 is 0. The number of carbonyl (C=O) groups is 1. The van der Waals surface area contributed by atoms with Crippen molar-refractivity contribution in [1.29, 1.82) is 0 Å². The Morgan fingerprint density at radius 3 is 2.72 bits per heavy atom. The molecule has 0 bridgehead atoms. The molecule has 1 aliphatic rings. The van der Waals surface area contributed by atoms with Crippen LogP contribution in [-0.4, -0.2) is 50.9 Å². The lowest BCUT2D eigenvalue weighted by Gasteiger charge is -2.23. The number of hydrogen-bond donors (Lipinski definition) is 2. The average molecular weight is 371 g/mol. The van der Waals surface area contributed by atoms with Crippen LogP contribution in [-0.2, 0) is 16.6 Å². The number of nitrogens with zero attached hydrogens (tertiary/aromatic N) is 1. The lowest BCUT2D eigenvalue weighted by atomic mass is 10.2. The molecule has 0 radical (unpaired) electrons. The normalized spacial score (nSPS) is 13.3. The van der Waals surface area contributed by atoms with Gasteiger partial charge in [0.05, 0.1) is 6.26 Å². The monoisotopic (exact) mass is 371 g/mol. The van der Waals surface area contributed by atoms with Crippen molar-refractivity contribution in [2.75, 3.05) is 26.1 Å². The van der Waals surface area contributed by atoms with Crippen molar-refractivity contribution in [3.63, 3.8) is 0 Å². The van der Waals surface area contributed by atoms with Crippen LogP contribution < -0.4 is 20.1 Å². The number of sulfonamides is 1. The Bertz CT molecular complexity index is 706. The van der Waals surface area contributed by atoms with Crippen LogP contribution in [0.5, 0.6) is 11.5 Å². The van der Waals surface area contributed by atoms with E-state index in [1.807, 2.05) is 32.0 Å². The number of ether oxygens (including phenoxy) is 2. The maximum Gasteiger partial charge on any atom is 0.315 e. The lowest BCUT2D eigenvalue weighted by molar-refractivity contribution is 0.173. The van der Waals surface area contributed by atoms with Gasteiger partial charge in [-0.05, 0) is 26.3 Å². The van der Waals surface area contributed by atoms with E-state index in [0.29, 0.717) is 37.6 Å². The molecule has 1 aliphatic heterocycles. The SMILES string of the molecule is CC(C)N(CCCNC(=O)NCc1cccc2c1OCO2)S(C)(=O)=O. The summed E-state index contributed by atoms with van der Waals surface area (Å²) in [5.41, 5.74) is 0.841. The van der Waals surface area contributed by atoms with Crippen molar-refractivity contribution < 1.29 is 22.7 Å². The number of fused-ring (bicyclic) bond motifs is 1. The van der Waals surface area contributed by atoms with Gasteiger partial charge in [-0.25, -0.2) is 13.2 Å². The molecule has 25 heavy (non-hydrogen) atoms. The molecule has 0 atom stereocenters. The number of urea groups is 1. The Morgan fingerprint density at radius 1 is 1.28 bits per heavy atom. The van der Waals surface area contributed by atoms with Gasteiger partial charge in [0.2, 0.25) is 16.8 Å². The maximum atomic E-state index is 11.9. The van der Waals surface area contributed by atoms with Gasteiger partial charge in [0.15, 0.2) is 11.5 Å². The number of para-hydroxylation sites is 1. The highest BCUT2D eigenvalue weighted by atomic mass is 32.2. The third-order valence-corrected chi connectivity index (χ3v) is 5.22. The zero-order valence-corrected chi connectivity index (χ0v) is 15.6. The van der Waals surface area contributed by atoms with E-state index in [1.165, 1.54) is 10.6 Å². The van der Waals surface area contributed by atoms with Crippen molar-refractivity contribution >= 4 is 16.1 Å². The minimum atomic E-state index is -3.24. The van der Waals surface area contributed by atoms with E-state index in [0.717, 1.165) is 5.56 Å². The van der Waals surface area contributed by atoms with Crippen molar-refractivity contribution in [3.05, 3.63) is 23.8 Å². The van der Waals surface area contributed by atoms with E-state index in [2.05, 4.69) is 10.6 Å². The Balaban J connectivity index is 1.72. The smallest absolute Gasteiger partial charge is 0.315 e. The Hall–Kier alpha value is -2.00. The van der Waals surface area contributed by atoms with Crippen molar-refractivity contribution in [2.24, 2.45) is 0 Å². The number of amides is 2. The highest BCUT2D eigenvalue weighted by molar-refractivity contribution is 7.88. The molecule has 0 aromatic heterocycles. The predicted octanol–water partition coefficient (Wildman–Crippen LogP) is 1.27. The summed E-state index contributed by atoms with van der Waals surface area (Å²) in [6.07, 6.45) is 1.73. The number of rotatable bonds is 8. The highest BCUT2D eigenvalue weighted by Gasteiger charge is 2.19. The van der Waals surface area contributed by atoms with Crippen molar-refractivity contribution in [1.82, 2.24) is 14.9 Å². The predicted molar refractivity (Wildman–Crippen MR) is 94.1 cm³/mol. The molecule has 0 unspecified atom stereocenters. The molecular formula is C16H25N3O5S. The first kappa shape index (κ1) is 19.3. The minimum Gasteiger partial charge on any atom is -0.454 e. The van der Waals surface area contributed by atoms with Crippen LogP contribution in [0.25, 0.3) is 0 Å². The zero-order chi connectivity index (χ0) is 18.4. The molecule has 0 spiro atoms. The standard InChI is InChI=1S/C16H25N3O5S/c1-12(2)19(25(3,21)22)9-5-8-17-16(20)18-10-13-6-4-7-14-15(13)24-11-23-14/h4,6-7,12H,5,8-11H2,1-3H3,(H2,17,18,20). The van der Waals surface area contributed by atoms with Crippen LogP contribution >= 0.6 is 0 Å². The third kappa shape index (κ3) is 5.50. The number of hydrogen-bond acceptors (Lipinski definition) is 5. The van der Waals surface area contributed by atoms with Gasteiger partial charge in [0.1, 0.15) is 0 Å². The Morgan fingerprint density at radius 2 is 2.04 bits per heavy atom. The number of benzene rings is 1. The molecule has 0 saturated heterocycles. The van der Waals surface area contributed by atoms with Crippen molar-refractivity contribution in [2.45, 2.75) is 32.9 Å². The minimum absolute atomic E-state index is 0.105. The summed E-state index contributed by atoms with van der Waals surface area (Å²) in [7, 11) is -3.24. The molecule has 1 aromatic rings. The highest BCUT2D eigenvalue weighted by Crippen LogP contribution is 2.35. The molecule has 1 aromatic carbocycles. The molecule has 0 fully saturated rings. The largest absolute Gasteiger partial charge is 0.454 e. The summed E-state index contributed by atoms with van der Waals surface area (Å²) < 4.78 is 35.4. The van der Waals surface area contributed by atoms with Gasteiger partial charge in [0.25, 0.3) is 0 Å². The first-order chi connectivity index (χ1) is 11.8. The summed E-state index contributed by atoms with van der Waals surface area (Å²) in [4.78, 5) is 11.9. The first-order valence-corrected chi connectivity index (χ1v) is 10.00. The molecule has 0 aliphatic carbocycles. The van der Waals surface area contributed by atoms with Crippen LogP contribution in [0.15, 0.2) is 18.2 Å². The molecule has 2 amide bonds. The number of nitrogens with one attached hydrogen (secondary N) is 2. The zero-order valence-electron chi connectivity index (χ0n) is 14.7. The first-order valence-electron chi connectivity index (χ1n) is 8.15. The van der Waals surface area contributed by atoms with E-state index in [-0.39, 0.29) is 18.9 Å². The molecule has 9 heteroatoms. The van der Waals surface area contributed by atoms with E-state index in [4.69, 9.17) is 9.47 Å². The maximum absolute atomic E-state index is 11.9. The molecular weight excluding hydrogens is 346 g/mol. The second kappa shape index (κ2) is 8.39. The van der Waals surface area contributed by atoms with Gasteiger partial charge < -0.3 is 20.1 Å². The molecule has 2 N–H and O–H groups in total. The quantitative estimate of drug-likeness (QED) is 0.671. The van der Waals surface area contributed by atoms with E-state index in [1.54, 1.807) is 0 Å². The van der Waals surface area contributed by atoms with Gasteiger partial charge in [-0.15, -0.1) is 0 Å². The lowest BCUT2D eigenvalue weighted by Crippen LogP contribution is -2.40. The second-order valence-corrected chi connectivity index (χ2v) is 8.02. The molecule has 0 saturated carbocycles. The van der Waals surface area contributed by atoms with Crippen molar-refractivity contribution in [3.8, 4) is 11.5 Å². The van der Waals surface area contributed by atoms with E-state index in [9.17, 15) is 13.2 Å². The van der Waals surface area contributed by atoms with Crippen LogP contribution in [0, 0.1) is 0 Å². The van der Waals surface area contributed by atoms with Crippen LogP contribution in [0.2, 0.25) is 0 Å².